The maximum atomic E-state index is 10.3. The van der Waals surface area contributed by atoms with Crippen LogP contribution < -0.4 is 0 Å². The Hall–Kier alpha value is -1.09. The Bertz CT molecular complexity index is 259. The zero-order valence-electron chi connectivity index (χ0n) is 11.9. The van der Waals surface area contributed by atoms with Gasteiger partial charge >= 0.3 is 5.97 Å². The molecule has 0 rings (SSSR count). The van der Waals surface area contributed by atoms with Crippen molar-refractivity contribution in [2.75, 3.05) is 0 Å². The van der Waals surface area contributed by atoms with Crippen molar-refractivity contribution < 1.29 is 15.0 Å². The second-order valence-corrected chi connectivity index (χ2v) is 4.90. The van der Waals surface area contributed by atoms with Crippen LogP contribution in [0.4, 0.5) is 0 Å². The Balaban J connectivity index is 3.20. The normalized spacial score (nSPS) is 12.7. The number of unbranched alkanes of at least 4 members (excludes halogenated alkanes) is 8. The van der Waals surface area contributed by atoms with Gasteiger partial charge in [0.25, 0.3) is 0 Å². The van der Waals surface area contributed by atoms with E-state index in [2.05, 4.69) is 6.58 Å². The number of carboxylic acid groups (broad SMARTS) is 1. The molecule has 19 heavy (non-hydrogen) atoms. The number of carboxylic acids is 1. The third-order valence-corrected chi connectivity index (χ3v) is 3.09. The monoisotopic (exact) mass is 268 g/mol. The molecule has 0 bridgehead atoms. The Kier molecular flexibility index (Phi) is 12.6. The molecule has 0 saturated heterocycles. The first kappa shape index (κ1) is 17.9. The van der Waals surface area contributed by atoms with Crippen molar-refractivity contribution in [2.45, 2.75) is 70.3 Å². The van der Waals surface area contributed by atoms with Gasteiger partial charge in [-0.1, -0.05) is 50.3 Å². The van der Waals surface area contributed by atoms with Gasteiger partial charge in [0.2, 0.25) is 0 Å². The zero-order valence-corrected chi connectivity index (χ0v) is 11.9. The molecule has 1 unspecified atom stereocenters. The molecule has 3 nitrogen and oxygen atoms in total. The SMILES string of the molecule is C=CCCCCCCCCC/C=C/CC(O)C(=O)O. The third-order valence-electron chi connectivity index (χ3n) is 3.09. The molecule has 3 heteroatoms. The fourth-order valence-corrected chi connectivity index (χ4v) is 1.88. The topological polar surface area (TPSA) is 57.5 Å². The van der Waals surface area contributed by atoms with Crippen molar-refractivity contribution in [1.82, 2.24) is 0 Å². The number of allylic oxidation sites excluding steroid dienone is 2. The minimum absolute atomic E-state index is 0.207. The molecule has 110 valence electrons. The van der Waals surface area contributed by atoms with E-state index >= 15 is 0 Å². The lowest BCUT2D eigenvalue weighted by molar-refractivity contribution is -0.146. The highest BCUT2D eigenvalue weighted by Gasteiger charge is 2.09. The van der Waals surface area contributed by atoms with Gasteiger partial charge in [0.1, 0.15) is 0 Å². The molecule has 0 aliphatic carbocycles. The van der Waals surface area contributed by atoms with E-state index in [9.17, 15) is 4.79 Å². The molecular formula is C16H28O3. The van der Waals surface area contributed by atoms with Crippen molar-refractivity contribution in [3.63, 3.8) is 0 Å². The van der Waals surface area contributed by atoms with Crippen molar-refractivity contribution in [1.29, 1.82) is 0 Å². The van der Waals surface area contributed by atoms with Gasteiger partial charge in [-0.2, -0.15) is 0 Å². The van der Waals surface area contributed by atoms with Crippen molar-refractivity contribution in [3.05, 3.63) is 24.8 Å². The van der Waals surface area contributed by atoms with Crippen molar-refractivity contribution >= 4 is 5.97 Å². The molecule has 0 spiro atoms. The summed E-state index contributed by atoms with van der Waals surface area (Å²) >= 11 is 0. The van der Waals surface area contributed by atoms with Crippen LogP contribution in [0.15, 0.2) is 24.8 Å². The minimum atomic E-state index is -1.26. The van der Waals surface area contributed by atoms with Gasteiger partial charge in [0.05, 0.1) is 0 Å². The highest BCUT2D eigenvalue weighted by molar-refractivity contribution is 5.72. The van der Waals surface area contributed by atoms with Crippen LogP contribution in [0.5, 0.6) is 0 Å². The van der Waals surface area contributed by atoms with Crippen LogP contribution in [-0.2, 0) is 4.79 Å². The number of hydrogen-bond donors (Lipinski definition) is 2. The maximum Gasteiger partial charge on any atom is 0.332 e. The van der Waals surface area contributed by atoms with Crippen LogP contribution in [0.25, 0.3) is 0 Å². The van der Waals surface area contributed by atoms with E-state index in [1.807, 2.05) is 12.2 Å². The van der Waals surface area contributed by atoms with Gasteiger partial charge in [-0.25, -0.2) is 4.79 Å². The molecule has 2 N–H and O–H groups in total. The summed E-state index contributed by atoms with van der Waals surface area (Å²) in [6.07, 6.45) is 15.6. The average molecular weight is 268 g/mol. The first-order chi connectivity index (χ1) is 9.18. The lowest BCUT2D eigenvalue weighted by atomic mass is 10.1. The molecule has 0 aromatic heterocycles. The fraction of sp³-hybridized carbons (Fsp3) is 0.688. The second kappa shape index (κ2) is 13.3. The molecule has 1 atom stereocenters. The molecule has 0 aromatic carbocycles. The molecule has 0 aromatic rings. The number of hydrogen-bond acceptors (Lipinski definition) is 2. The molecule has 0 amide bonds. The molecule has 0 aliphatic rings. The van der Waals surface area contributed by atoms with Gasteiger partial charge in [0.15, 0.2) is 6.10 Å². The standard InChI is InChI=1S/C16H28O3/c1-2-3-4-5-6-7-8-9-10-11-12-13-14-15(17)16(18)19/h2,12-13,15,17H,1,3-11,14H2,(H,18,19)/b13-12+. The summed E-state index contributed by atoms with van der Waals surface area (Å²) in [7, 11) is 0. The molecule has 0 aliphatic heterocycles. The summed E-state index contributed by atoms with van der Waals surface area (Å²) in [4.78, 5) is 10.3. The van der Waals surface area contributed by atoms with E-state index in [1.54, 1.807) is 6.08 Å². The number of carbonyl (C=O) groups is 1. The summed E-state index contributed by atoms with van der Waals surface area (Å²) in [6, 6.07) is 0. The molecular weight excluding hydrogens is 240 g/mol. The summed E-state index contributed by atoms with van der Waals surface area (Å²) in [6.45, 7) is 3.71. The van der Waals surface area contributed by atoms with E-state index < -0.39 is 12.1 Å². The van der Waals surface area contributed by atoms with Gasteiger partial charge in [-0.15, -0.1) is 6.58 Å². The van der Waals surface area contributed by atoms with Gasteiger partial charge in [0, 0.05) is 6.42 Å². The summed E-state index contributed by atoms with van der Waals surface area (Å²) in [5.74, 6) is -1.15. The predicted octanol–water partition coefficient (Wildman–Crippen LogP) is 4.08. The molecule has 0 fully saturated rings. The van der Waals surface area contributed by atoms with Crippen molar-refractivity contribution in [3.8, 4) is 0 Å². The highest BCUT2D eigenvalue weighted by atomic mass is 16.4. The summed E-state index contributed by atoms with van der Waals surface area (Å²) in [5.41, 5.74) is 0. The maximum absolute atomic E-state index is 10.3. The summed E-state index contributed by atoms with van der Waals surface area (Å²) in [5, 5.41) is 17.5. The Morgan fingerprint density at radius 3 is 2.00 bits per heavy atom. The predicted molar refractivity (Wildman–Crippen MR) is 79.1 cm³/mol. The molecule has 0 radical (unpaired) electrons. The van der Waals surface area contributed by atoms with Crippen LogP contribution in [0.2, 0.25) is 0 Å². The van der Waals surface area contributed by atoms with Gasteiger partial charge in [-0.3, -0.25) is 0 Å². The van der Waals surface area contributed by atoms with Crippen LogP contribution in [0.1, 0.15) is 64.2 Å². The average Bonchev–Trinajstić information content (AvgIpc) is 2.39. The third kappa shape index (κ3) is 13.1. The van der Waals surface area contributed by atoms with Crippen LogP contribution in [0.3, 0.4) is 0 Å². The van der Waals surface area contributed by atoms with E-state index in [1.165, 1.54) is 38.5 Å². The molecule has 0 heterocycles. The number of rotatable bonds is 13. The first-order valence-electron chi connectivity index (χ1n) is 7.35. The van der Waals surface area contributed by atoms with Crippen LogP contribution >= 0.6 is 0 Å². The second-order valence-electron chi connectivity index (χ2n) is 4.90. The van der Waals surface area contributed by atoms with Crippen molar-refractivity contribution in [2.24, 2.45) is 0 Å². The number of aliphatic carboxylic acids is 1. The van der Waals surface area contributed by atoms with Crippen LogP contribution in [-0.4, -0.2) is 22.3 Å². The van der Waals surface area contributed by atoms with Crippen LogP contribution in [0, 0.1) is 0 Å². The fourth-order valence-electron chi connectivity index (χ4n) is 1.88. The highest BCUT2D eigenvalue weighted by Crippen LogP contribution is 2.10. The van der Waals surface area contributed by atoms with E-state index in [4.69, 9.17) is 10.2 Å². The smallest absolute Gasteiger partial charge is 0.332 e. The quantitative estimate of drug-likeness (QED) is 0.391. The Morgan fingerprint density at radius 2 is 1.47 bits per heavy atom. The molecule has 0 saturated carbocycles. The number of aliphatic hydroxyl groups excluding tert-OH is 1. The number of aliphatic hydroxyl groups is 1. The van der Waals surface area contributed by atoms with Gasteiger partial charge in [-0.05, 0) is 25.7 Å². The minimum Gasteiger partial charge on any atom is -0.479 e. The van der Waals surface area contributed by atoms with E-state index in [0.717, 1.165) is 19.3 Å². The largest absolute Gasteiger partial charge is 0.479 e. The zero-order chi connectivity index (χ0) is 14.3. The van der Waals surface area contributed by atoms with Gasteiger partial charge < -0.3 is 10.2 Å². The summed E-state index contributed by atoms with van der Waals surface area (Å²) < 4.78 is 0. The lowest BCUT2D eigenvalue weighted by Gasteiger charge is -2.01. The van der Waals surface area contributed by atoms with E-state index in [-0.39, 0.29) is 6.42 Å². The lowest BCUT2D eigenvalue weighted by Crippen LogP contribution is -2.17. The Morgan fingerprint density at radius 1 is 0.947 bits per heavy atom. The Labute approximate surface area is 117 Å². The first-order valence-corrected chi connectivity index (χ1v) is 7.35. The van der Waals surface area contributed by atoms with E-state index in [0.29, 0.717) is 0 Å².